The highest BCUT2D eigenvalue weighted by molar-refractivity contribution is 6.08. The molecule has 0 unspecified atom stereocenters. The first-order chi connectivity index (χ1) is 15.2. The number of likely N-dealkylation sites (N-methyl/N-ethyl adjacent to an activating group) is 1. The third-order valence-corrected chi connectivity index (χ3v) is 5.14. The number of carbonyl (C=O) groups excluding carboxylic acids is 2. The molecule has 9 nitrogen and oxygen atoms in total. The predicted octanol–water partition coefficient (Wildman–Crippen LogP) is 2.99. The third kappa shape index (κ3) is 3.84. The molecule has 32 heavy (non-hydrogen) atoms. The van der Waals surface area contributed by atoms with E-state index in [-0.39, 0.29) is 11.8 Å². The van der Waals surface area contributed by atoms with Crippen LogP contribution in [0.15, 0.2) is 48.9 Å². The lowest BCUT2D eigenvalue weighted by Gasteiger charge is -2.37. The SMILES string of the molecule is CN(C)c1ncc(C(=O)Nc2ccc3c(c2)OC(C)(C)C(=O)N3C)c(-c2ccncc2)n1. The Labute approximate surface area is 186 Å². The summed E-state index contributed by atoms with van der Waals surface area (Å²) < 4.78 is 5.89. The number of pyridine rings is 1. The summed E-state index contributed by atoms with van der Waals surface area (Å²) in [7, 11) is 5.37. The quantitative estimate of drug-likeness (QED) is 0.676. The van der Waals surface area contributed by atoms with Crippen molar-refractivity contribution in [1.29, 1.82) is 0 Å². The lowest BCUT2D eigenvalue weighted by atomic mass is 10.0. The van der Waals surface area contributed by atoms with Crippen LogP contribution in [0.5, 0.6) is 5.75 Å². The van der Waals surface area contributed by atoms with E-state index >= 15 is 0 Å². The minimum absolute atomic E-state index is 0.137. The Morgan fingerprint density at radius 1 is 1.16 bits per heavy atom. The zero-order valence-corrected chi connectivity index (χ0v) is 18.6. The fourth-order valence-electron chi connectivity index (χ4n) is 3.46. The summed E-state index contributed by atoms with van der Waals surface area (Å²) in [6.45, 7) is 3.43. The van der Waals surface area contributed by atoms with E-state index in [0.29, 0.717) is 34.3 Å². The summed E-state index contributed by atoms with van der Waals surface area (Å²) in [6.07, 6.45) is 4.81. The predicted molar refractivity (Wildman–Crippen MR) is 122 cm³/mol. The minimum Gasteiger partial charge on any atom is -0.476 e. The van der Waals surface area contributed by atoms with Gasteiger partial charge in [0.05, 0.1) is 16.9 Å². The molecule has 0 spiro atoms. The van der Waals surface area contributed by atoms with Gasteiger partial charge in [0.1, 0.15) is 5.75 Å². The first kappa shape index (κ1) is 21.2. The summed E-state index contributed by atoms with van der Waals surface area (Å²) in [4.78, 5) is 41.8. The van der Waals surface area contributed by atoms with Crippen molar-refractivity contribution < 1.29 is 14.3 Å². The van der Waals surface area contributed by atoms with Gasteiger partial charge in [0, 0.05) is 57.1 Å². The number of anilines is 3. The molecule has 1 aromatic carbocycles. The molecule has 9 heteroatoms. The normalized spacial score (nSPS) is 14.4. The van der Waals surface area contributed by atoms with E-state index in [1.165, 1.54) is 6.20 Å². The molecule has 0 aliphatic carbocycles. The Hall–Kier alpha value is -4.01. The van der Waals surface area contributed by atoms with Crippen LogP contribution in [-0.4, -0.2) is 53.5 Å². The number of rotatable bonds is 4. The molecule has 0 fully saturated rings. The standard InChI is InChI=1S/C23H24N6O3/c1-23(2)21(31)29(5)17-7-6-15(12-18(17)32-23)26-20(30)16-13-25-22(28(3)4)27-19(16)14-8-10-24-11-9-14/h6-13H,1-5H3,(H,26,30). The van der Waals surface area contributed by atoms with Crippen molar-refractivity contribution in [3.63, 3.8) is 0 Å². The van der Waals surface area contributed by atoms with Gasteiger partial charge in [0.25, 0.3) is 11.8 Å². The van der Waals surface area contributed by atoms with E-state index < -0.39 is 5.60 Å². The van der Waals surface area contributed by atoms with Crippen LogP contribution in [0.1, 0.15) is 24.2 Å². The number of fused-ring (bicyclic) bond motifs is 1. The lowest BCUT2D eigenvalue weighted by Crippen LogP contribution is -2.50. The van der Waals surface area contributed by atoms with Gasteiger partial charge in [-0.1, -0.05) is 0 Å². The van der Waals surface area contributed by atoms with E-state index in [9.17, 15) is 9.59 Å². The average Bonchev–Trinajstić information content (AvgIpc) is 2.77. The summed E-state index contributed by atoms with van der Waals surface area (Å²) in [6, 6.07) is 8.76. The van der Waals surface area contributed by atoms with Crippen molar-refractivity contribution in [2.75, 3.05) is 36.3 Å². The minimum atomic E-state index is -0.991. The lowest BCUT2D eigenvalue weighted by molar-refractivity contribution is -0.132. The second-order valence-corrected chi connectivity index (χ2v) is 8.18. The molecule has 4 rings (SSSR count). The molecule has 0 atom stereocenters. The monoisotopic (exact) mass is 432 g/mol. The fraction of sp³-hybridized carbons (Fsp3) is 0.261. The van der Waals surface area contributed by atoms with Gasteiger partial charge in [-0.05, 0) is 38.1 Å². The highest BCUT2D eigenvalue weighted by atomic mass is 16.5. The second kappa shape index (κ2) is 7.92. The van der Waals surface area contributed by atoms with E-state index in [1.807, 2.05) is 14.1 Å². The Balaban J connectivity index is 1.68. The summed E-state index contributed by atoms with van der Waals surface area (Å²) in [5, 5.41) is 2.89. The van der Waals surface area contributed by atoms with Crippen molar-refractivity contribution >= 4 is 29.1 Å². The van der Waals surface area contributed by atoms with E-state index in [1.54, 1.807) is 73.4 Å². The van der Waals surface area contributed by atoms with Crippen LogP contribution in [0.3, 0.4) is 0 Å². The van der Waals surface area contributed by atoms with Gasteiger partial charge in [-0.2, -0.15) is 0 Å². The molecular weight excluding hydrogens is 408 g/mol. The molecule has 3 heterocycles. The Kier molecular flexibility index (Phi) is 5.25. The number of nitrogens with zero attached hydrogens (tertiary/aromatic N) is 5. The van der Waals surface area contributed by atoms with Crippen LogP contribution in [0.25, 0.3) is 11.3 Å². The second-order valence-electron chi connectivity index (χ2n) is 8.18. The number of hydrogen-bond acceptors (Lipinski definition) is 7. The Bertz CT molecular complexity index is 1190. The first-order valence-electron chi connectivity index (χ1n) is 10.0. The molecule has 0 radical (unpaired) electrons. The van der Waals surface area contributed by atoms with Crippen LogP contribution in [0, 0.1) is 0 Å². The highest BCUT2D eigenvalue weighted by Crippen LogP contribution is 2.38. The smallest absolute Gasteiger partial charge is 0.270 e. The van der Waals surface area contributed by atoms with E-state index in [2.05, 4.69) is 20.3 Å². The molecular formula is C23H24N6O3. The van der Waals surface area contributed by atoms with E-state index in [0.717, 1.165) is 5.56 Å². The molecule has 3 aromatic rings. The van der Waals surface area contributed by atoms with Crippen LogP contribution in [-0.2, 0) is 4.79 Å². The molecule has 0 saturated heterocycles. The zero-order chi connectivity index (χ0) is 23.0. The van der Waals surface area contributed by atoms with Crippen molar-refractivity contribution in [3.05, 3.63) is 54.5 Å². The number of ether oxygens (including phenoxy) is 1. The molecule has 1 aliphatic rings. The topological polar surface area (TPSA) is 101 Å². The average molecular weight is 432 g/mol. The van der Waals surface area contributed by atoms with E-state index in [4.69, 9.17) is 4.74 Å². The van der Waals surface area contributed by atoms with Crippen molar-refractivity contribution in [2.45, 2.75) is 19.4 Å². The maximum atomic E-state index is 13.2. The maximum Gasteiger partial charge on any atom is 0.270 e. The molecule has 164 valence electrons. The number of aromatic nitrogens is 3. The number of benzene rings is 1. The third-order valence-electron chi connectivity index (χ3n) is 5.14. The number of amides is 2. The van der Waals surface area contributed by atoms with Crippen LogP contribution in [0.2, 0.25) is 0 Å². The van der Waals surface area contributed by atoms with Crippen molar-refractivity contribution in [2.24, 2.45) is 0 Å². The number of carbonyl (C=O) groups is 2. The van der Waals surface area contributed by atoms with Crippen LogP contribution < -0.4 is 19.9 Å². The van der Waals surface area contributed by atoms with Gasteiger partial charge < -0.3 is 19.9 Å². The fourth-order valence-corrected chi connectivity index (χ4v) is 3.46. The molecule has 2 amide bonds. The zero-order valence-electron chi connectivity index (χ0n) is 18.6. The van der Waals surface area contributed by atoms with Gasteiger partial charge in [-0.15, -0.1) is 0 Å². The molecule has 0 bridgehead atoms. The Morgan fingerprint density at radius 2 is 1.88 bits per heavy atom. The van der Waals surface area contributed by atoms with Gasteiger partial charge in [0.2, 0.25) is 5.95 Å². The van der Waals surface area contributed by atoms with Gasteiger partial charge in [-0.25, -0.2) is 9.97 Å². The van der Waals surface area contributed by atoms with Crippen LogP contribution >= 0.6 is 0 Å². The van der Waals surface area contributed by atoms with Crippen molar-refractivity contribution in [3.8, 4) is 17.0 Å². The summed E-state index contributed by atoms with van der Waals surface area (Å²) in [5.41, 5.74) is 1.77. The number of hydrogen-bond donors (Lipinski definition) is 1. The number of nitrogens with one attached hydrogen (secondary N) is 1. The molecule has 2 aromatic heterocycles. The van der Waals surface area contributed by atoms with Gasteiger partial charge in [-0.3, -0.25) is 14.6 Å². The van der Waals surface area contributed by atoms with Crippen LogP contribution in [0.4, 0.5) is 17.3 Å². The Morgan fingerprint density at radius 3 is 2.56 bits per heavy atom. The summed E-state index contributed by atoms with van der Waals surface area (Å²) >= 11 is 0. The first-order valence-corrected chi connectivity index (χ1v) is 10.0. The molecule has 0 saturated carbocycles. The van der Waals surface area contributed by atoms with Crippen molar-refractivity contribution in [1.82, 2.24) is 15.0 Å². The summed E-state index contributed by atoms with van der Waals surface area (Å²) in [5.74, 6) is 0.511. The largest absolute Gasteiger partial charge is 0.476 e. The molecule has 1 aliphatic heterocycles. The van der Waals surface area contributed by atoms with Gasteiger partial charge in [0.15, 0.2) is 5.60 Å². The maximum absolute atomic E-state index is 13.2. The highest BCUT2D eigenvalue weighted by Gasteiger charge is 2.39. The molecule has 1 N–H and O–H groups in total. The van der Waals surface area contributed by atoms with Gasteiger partial charge >= 0.3 is 0 Å².